The summed E-state index contributed by atoms with van der Waals surface area (Å²) >= 11 is 0. The van der Waals surface area contributed by atoms with Crippen LogP contribution >= 0.6 is 0 Å². The van der Waals surface area contributed by atoms with E-state index in [1.165, 1.54) is 83.1 Å². The summed E-state index contributed by atoms with van der Waals surface area (Å²) in [5, 5.41) is 0. The van der Waals surface area contributed by atoms with E-state index in [1.807, 2.05) is 0 Å². The van der Waals surface area contributed by atoms with Crippen molar-refractivity contribution >= 4 is 34.5 Å². The molecule has 0 aliphatic rings. The van der Waals surface area contributed by atoms with Crippen molar-refractivity contribution in [2.24, 2.45) is 0 Å². The highest BCUT2D eigenvalue weighted by Crippen LogP contribution is 2.28. The van der Waals surface area contributed by atoms with Gasteiger partial charge in [0.1, 0.15) is 0 Å². The van der Waals surface area contributed by atoms with E-state index in [0.717, 1.165) is 6.04 Å². The molecule has 1 radical (unpaired) electrons. The Morgan fingerprint density at radius 2 is 1.03 bits per heavy atom. The summed E-state index contributed by atoms with van der Waals surface area (Å²) in [6, 6.07) is 2.35. The number of hydrogen-bond acceptors (Lipinski definition) is 3. The molecule has 0 aliphatic heterocycles. The zero-order valence-corrected chi connectivity index (χ0v) is 26.1. The molecule has 0 heterocycles. The molecule has 30 heavy (non-hydrogen) atoms. The minimum atomic E-state index is -2.17. The molecule has 0 fully saturated rings. The van der Waals surface area contributed by atoms with Crippen molar-refractivity contribution in [3.8, 4) is 0 Å². The van der Waals surface area contributed by atoms with Crippen molar-refractivity contribution in [3.63, 3.8) is 0 Å². The lowest BCUT2D eigenvalue weighted by Gasteiger charge is -2.40. The minimum absolute atomic E-state index is 0.766. The Hall–Kier alpha value is 0.748. The van der Waals surface area contributed by atoms with E-state index >= 15 is 0 Å². The Morgan fingerprint density at radius 3 is 1.50 bits per heavy atom. The number of unbranched alkanes of at least 4 members (excludes halogenated alkanes) is 10. The minimum Gasteiger partial charge on any atom is -0.436 e. The highest BCUT2D eigenvalue weighted by Gasteiger charge is 2.43. The smallest absolute Gasteiger partial charge is 0.315 e. The van der Waals surface area contributed by atoms with Gasteiger partial charge in [-0.15, -0.1) is 0 Å². The number of rotatable bonds is 20. The maximum Gasteiger partial charge on any atom is 0.315 e. The summed E-state index contributed by atoms with van der Waals surface area (Å²) in [5.74, 6) is 0. The predicted molar refractivity (Wildman–Crippen MR) is 144 cm³/mol. The fourth-order valence-electron chi connectivity index (χ4n) is 4.35. The molecule has 0 spiro atoms. The molecular formula is C23H55O3Si4. The fourth-order valence-corrected chi connectivity index (χ4v) is 21.7. The molecule has 0 aliphatic carbocycles. The van der Waals surface area contributed by atoms with E-state index in [2.05, 4.69) is 59.7 Å². The van der Waals surface area contributed by atoms with Crippen molar-refractivity contribution in [2.75, 3.05) is 0 Å². The van der Waals surface area contributed by atoms with Crippen LogP contribution in [-0.4, -0.2) is 34.5 Å². The number of hydrogen-bond donors (Lipinski definition) is 0. The summed E-state index contributed by atoms with van der Waals surface area (Å²) in [5.41, 5.74) is 0. The second-order valence-electron chi connectivity index (χ2n) is 10.5. The summed E-state index contributed by atoms with van der Waals surface area (Å²) in [6.07, 6.45) is 16.3. The molecule has 0 bridgehead atoms. The molecule has 0 saturated carbocycles. The lowest BCUT2D eigenvalue weighted by atomic mass is 10.1. The molecule has 1 atom stereocenters. The van der Waals surface area contributed by atoms with Gasteiger partial charge in [0.2, 0.25) is 0 Å². The monoisotopic (exact) mass is 491 g/mol. The van der Waals surface area contributed by atoms with Gasteiger partial charge in [-0.3, -0.25) is 0 Å². The van der Waals surface area contributed by atoms with Gasteiger partial charge >= 0.3 is 17.1 Å². The van der Waals surface area contributed by atoms with E-state index in [4.69, 9.17) is 12.3 Å². The van der Waals surface area contributed by atoms with Crippen LogP contribution in [0.4, 0.5) is 0 Å². The van der Waals surface area contributed by atoms with Gasteiger partial charge in [-0.25, -0.2) is 0 Å². The quantitative estimate of drug-likeness (QED) is 0.125. The zero-order chi connectivity index (χ0) is 23.1. The second kappa shape index (κ2) is 16.4. The van der Waals surface area contributed by atoms with E-state index in [-0.39, 0.29) is 0 Å². The summed E-state index contributed by atoms with van der Waals surface area (Å²) in [4.78, 5) is 0. The molecule has 0 saturated heterocycles. The molecule has 1 unspecified atom stereocenters. The predicted octanol–water partition coefficient (Wildman–Crippen LogP) is 8.99. The molecular weight excluding hydrogens is 437 g/mol. The molecule has 181 valence electrons. The topological polar surface area (TPSA) is 27.7 Å². The molecule has 0 aromatic heterocycles. The molecule has 7 heteroatoms. The summed E-state index contributed by atoms with van der Waals surface area (Å²) in [6.45, 7) is 20.6. The van der Waals surface area contributed by atoms with Crippen molar-refractivity contribution in [3.05, 3.63) is 0 Å². The van der Waals surface area contributed by atoms with Gasteiger partial charge in [-0.05, 0) is 57.9 Å². The van der Waals surface area contributed by atoms with Crippen LogP contribution in [0, 0.1) is 0 Å². The van der Waals surface area contributed by atoms with Crippen LogP contribution in [0.25, 0.3) is 0 Å². The van der Waals surface area contributed by atoms with Crippen molar-refractivity contribution in [1.82, 2.24) is 0 Å². The first kappa shape index (κ1) is 30.7. The molecule has 0 rings (SSSR count). The highest BCUT2D eigenvalue weighted by atomic mass is 28.5. The van der Waals surface area contributed by atoms with Gasteiger partial charge in [0, 0.05) is 0 Å². The third-order valence-electron chi connectivity index (χ3n) is 5.52. The van der Waals surface area contributed by atoms with E-state index in [9.17, 15) is 0 Å². The Morgan fingerprint density at radius 1 is 0.567 bits per heavy atom. The third-order valence-corrected chi connectivity index (χ3v) is 19.6. The largest absolute Gasteiger partial charge is 0.436 e. The van der Waals surface area contributed by atoms with Gasteiger partial charge in [-0.1, -0.05) is 90.9 Å². The molecule has 0 aromatic carbocycles. The van der Waals surface area contributed by atoms with Crippen molar-refractivity contribution in [2.45, 2.75) is 149 Å². The summed E-state index contributed by atoms with van der Waals surface area (Å²) in [7, 11) is -6.76. The second-order valence-corrected chi connectivity index (χ2v) is 24.4. The van der Waals surface area contributed by atoms with E-state index < -0.39 is 34.5 Å². The van der Waals surface area contributed by atoms with Crippen LogP contribution in [0.1, 0.15) is 90.9 Å². The average molecular weight is 492 g/mol. The van der Waals surface area contributed by atoms with Gasteiger partial charge < -0.3 is 12.3 Å². The zero-order valence-electron chi connectivity index (χ0n) is 22.1. The molecule has 3 nitrogen and oxygen atoms in total. The SMILES string of the molecule is CCCCCCCCCCCC[Si](C)(O[Si](C)C)O[Si](C)(C)O[Si](C)(C)CCCC. The van der Waals surface area contributed by atoms with Crippen LogP contribution in [0.15, 0.2) is 0 Å². The van der Waals surface area contributed by atoms with Crippen LogP contribution in [0.2, 0.25) is 57.9 Å². The Kier molecular flexibility index (Phi) is 16.8. The van der Waals surface area contributed by atoms with Crippen molar-refractivity contribution in [1.29, 1.82) is 0 Å². The lowest BCUT2D eigenvalue weighted by molar-refractivity contribution is 0.324. The van der Waals surface area contributed by atoms with Gasteiger partial charge in [0.25, 0.3) is 0 Å². The van der Waals surface area contributed by atoms with Gasteiger partial charge in [0.05, 0.1) is 0 Å². The van der Waals surface area contributed by atoms with Crippen LogP contribution in [-0.2, 0) is 12.3 Å². The maximum absolute atomic E-state index is 6.83. The van der Waals surface area contributed by atoms with Gasteiger partial charge in [0.15, 0.2) is 17.4 Å². The van der Waals surface area contributed by atoms with E-state index in [0.29, 0.717) is 0 Å². The first-order valence-electron chi connectivity index (χ1n) is 12.8. The average Bonchev–Trinajstić information content (AvgIpc) is 2.59. The Bertz CT molecular complexity index is 419. The molecule has 0 amide bonds. The van der Waals surface area contributed by atoms with Crippen LogP contribution in [0.3, 0.4) is 0 Å². The summed E-state index contributed by atoms with van der Waals surface area (Å²) < 4.78 is 20.1. The fraction of sp³-hybridized carbons (Fsp3) is 1.00. The normalized spacial score (nSPS) is 15.0. The Balaban J connectivity index is 4.45. The van der Waals surface area contributed by atoms with Crippen molar-refractivity contribution < 1.29 is 12.3 Å². The van der Waals surface area contributed by atoms with E-state index in [1.54, 1.807) is 0 Å². The lowest BCUT2D eigenvalue weighted by Crippen LogP contribution is -2.55. The first-order chi connectivity index (χ1) is 14.0. The highest BCUT2D eigenvalue weighted by molar-refractivity contribution is 6.87. The Labute approximate surface area is 195 Å². The van der Waals surface area contributed by atoms with Gasteiger partial charge in [-0.2, -0.15) is 0 Å². The third kappa shape index (κ3) is 17.3. The molecule has 0 N–H and O–H groups in total. The van der Waals surface area contributed by atoms with Crippen LogP contribution < -0.4 is 0 Å². The first-order valence-corrected chi connectivity index (χ1v) is 23.7. The molecule has 0 aromatic rings. The van der Waals surface area contributed by atoms with Crippen LogP contribution in [0.5, 0.6) is 0 Å². The maximum atomic E-state index is 6.83. The standard InChI is InChI=1S/C23H55O3Si4/c1-10-12-14-15-16-17-18-19-20-21-23-30(9,24-27(3)4)26-29(7,8)25-28(5,6)22-13-11-2/h10-23H2,1-9H3.